The molecule has 0 aliphatic heterocycles. The van der Waals surface area contributed by atoms with Gasteiger partial charge in [-0.05, 0) is 17.9 Å². The van der Waals surface area contributed by atoms with Crippen LogP contribution in [0.2, 0.25) is 0 Å². The number of rotatable bonds is 6. The molecule has 2 atom stereocenters. The molecule has 1 heteroatoms. The molecule has 0 aromatic heterocycles. The highest BCUT2D eigenvalue weighted by molar-refractivity contribution is 5.92. The van der Waals surface area contributed by atoms with E-state index in [4.69, 9.17) is 0 Å². The molecule has 0 aromatic carbocycles. The molecule has 1 aliphatic carbocycles. The Bertz CT molecular complexity index is 205. The highest BCUT2D eigenvalue weighted by Crippen LogP contribution is 2.27. The number of hydrogen-bond donors (Lipinski definition) is 0. The zero-order valence-corrected chi connectivity index (χ0v) is 9.46. The fourth-order valence-electron chi connectivity index (χ4n) is 2.10. The van der Waals surface area contributed by atoms with Gasteiger partial charge in [0, 0.05) is 6.42 Å². The molecule has 1 rings (SSSR count). The fourth-order valence-corrected chi connectivity index (χ4v) is 2.10. The summed E-state index contributed by atoms with van der Waals surface area (Å²) in [4.78, 5) is 11.0. The molecule has 0 amide bonds. The summed E-state index contributed by atoms with van der Waals surface area (Å²) in [6.45, 7) is 4.52. The smallest absolute Gasteiger partial charge is 0.155 e. The van der Waals surface area contributed by atoms with E-state index in [0.29, 0.717) is 17.6 Å². The largest absolute Gasteiger partial charge is 0.295 e. The maximum atomic E-state index is 11.0. The van der Waals surface area contributed by atoms with Gasteiger partial charge in [0.05, 0.1) is 0 Å². The van der Waals surface area contributed by atoms with Gasteiger partial charge in [-0.15, -0.1) is 0 Å². The Hall–Kier alpha value is -0.590. The molecule has 2 unspecified atom stereocenters. The normalized spacial score (nSPS) is 23.0. The Kier molecular flexibility index (Phi) is 4.92. The Balaban J connectivity index is 2.12. The van der Waals surface area contributed by atoms with Crippen molar-refractivity contribution in [1.29, 1.82) is 0 Å². The Morgan fingerprint density at radius 2 is 2.21 bits per heavy atom. The second-order valence-corrected chi connectivity index (χ2v) is 4.52. The van der Waals surface area contributed by atoms with Crippen LogP contribution in [-0.4, -0.2) is 5.78 Å². The van der Waals surface area contributed by atoms with E-state index in [2.05, 4.69) is 19.9 Å². The second-order valence-electron chi connectivity index (χ2n) is 4.52. The topological polar surface area (TPSA) is 17.1 Å². The van der Waals surface area contributed by atoms with Crippen LogP contribution in [-0.2, 0) is 4.79 Å². The van der Waals surface area contributed by atoms with Gasteiger partial charge in [0.1, 0.15) is 0 Å². The van der Waals surface area contributed by atoms with Gasteiger partial charge in [-0.25, -0.2) is 0 Å². The van der Waals surface area contributed by atoms with Crippen molar-refractivity contribution in [3.63, 3.8) is 0 Å². The second kappa shape index (κ2) is 6.00. The monoisotopic (exact) mass is 194 g/mol. The maximum Gasteiger partial charge on any atom is 0.155 e. The predicted octanol–water partition coefficient (Wildman–Crippen LogP) is 3.74. The van der Waals surface area contributed by atoms with Crippen LogP contribution in [0.1, 0.15) is 52.4 Å². The molecule has 0 N–H and O–H groups in total. The molecular formula is C13H22O. The van der Waals surface area contributed by atoms with E-state index in [-0.39, 0.29) is 0 Å². The summed E-state index contributed by atoms with van der Waals surface area (Å²) in [7, 11) is 0. The summed E-state index contributed by atoms with van der Waals surface area (Å²) in [5, 5.41) is 0. The first-order valence-corrected chi connectivity index (χ1v) is 5.95. The molecule has 14 heavy (non-hydrogen) atoms. The van der Waals surface area contributed by atoms with Gasteiger partial charge in [-0.2, -0.15) is 0 Å². The number of hydrogen-bond acceptors (Lipinski definition) is 1. The van der Waals surface area contributed by atoms with Crippen LogP contribution in [0.5, 0.6) is 0 Å². The summed E-state index contributed by atoms with van der Waals surface area (Å²) in [5.41, 5.74) is 0. The quantitative estimate of drug-likeness (QED) is 0.589. The number of unbranched alkanes of at least 4 members (excludes halogenated alkanes) is 3. The molecule has 0 radical (unpaired) electrons. The van der Waals surface area contributed by atoms with Crippen LogP contribution in [0.4, 0.5) is 0 Å². The van der Waals surface area contributed by atoms with Gasteiger partial charge in [-0.1, -0.05) is 52.0 Å². The summed E-state index contributed by atoms with van der Waals surface area (Å²) >= 11 is 0. The standard InChI is InChI=1S/C13H22O/c1-3-4-5-6-7-11(2)12-8-9-13(14)10-12/h8-9,11-12H,3-7,10H2,1-2H3. The molecule has 0 saturated heterocycles. The van der Waals surface area contributed by atoms with Crippen LogP contribution >= 0.6 is 0 Å². The minimum atomic E-state index is 0.315. The van der Waals surface area contributed by atoms with Crippen molar-refractivity contribution < 1.29 is 4.79 Å². The molecule has 0 bridgehead atoms. The lowest BCUT2D eigenvalue weighted by Crippen LogP contribution is -2.08. The maximum absolute atomic E-state index is 11.0. The first-order chi connectivity index (χ1) is 6.74. The van der Waals surface area contributed by atoms with Crippen molar-refractivity contribution in [3.05, 3.63) is 12.2 Å². The van der Waals surface area contributed by atoms with E-state index >= 15 is 0 Å². The number of carbonyl (C=O) groups is 1. The van der Waals surface area contributed by atoms with Crippen LogP contribution in [0.25, 0.3) is 0 Å². The van der Waals surface area contributed by atoms with Gasteiger partial charge >= 0.3 is 0 Å². The van der Waals surface area contributed by atoms with Gasteiger partial charge in [0.15, 0.2) is 5.78 Å². The summed E-state index contributed by atoms with van der Waals surface area (Å²) < 4.78 is 0. The highest BCUT2D eigenvalue weighted by Gasteiger charge is 2.21. The Labute approximate surface area is 87.6 Å². The van der Waals surface area contributed by atoms with Crippen molar-refractivity contribution >= 4 is 5.78 Å². The van der Waals surface area contributed by atoms with Crippen molar-refractivity contribution in [2.24, 2.45) is 11.8 Å². The molecular weight excluding hydrogens is 172 g/mol. The van der Waals surface area contributed by atoms with E-state index in [1.807, 2.05) is 0 Å². The SMILES string of the molecule is CCCCCCC(C)C1C=CC(=O)C1. The predicted molar refractivity (Wildman–Crippen MR) is 60.2 cm³/mol. The minimum Gasteiger partial charge on any atom is -0.295 e. The van der Waals surface area contributed by atoms with E-state index in [1.54, 1.807) is 6.08 Å². The van der Waals surface area contributed by atoms with Crippen LogP contribution in [0, 0.1) is 11.8 Å². The van der Waals surface area contributed by atoms with Gasteiger partial charge in [0.2, 0.25) is 0 Å². The molecule has 0 saturated carbocycles. The third kappa shape index (κ3) is 3.65. The fraction of sp³-hybridized carbons (Fsp3) is 0.769. The van der Waals surface area contributed by atoms with E-state index < -0.39 is 0 Å². The first-order valence-electron chi connectivity index (χ1n) is 5.95. The first kappa shape index (κ1) is 11.5. The van der Waals surface area contributed by atoms with E-state index in [1.165, 1.54) is 32.1 Å². The molecule has 0 fully saturated rings. The van der Waals surface area contributed by atoms with Crippen LogP contribution in [0.3, 0.4) is 0 Å². The van der Waals surface area contributed by atoms with Gasteiger partial charge in [0.25, 0.3) is 0 Å². The van der Waals surface area contributed by atoms with Crippen molar-refractivity contribution in [2.45, 2.75) is 52.4 Å². The number of ketones is 1. The van der Waals surface area contributed by atoms with E-state index in [0.717, 1.165) is 6.42 Å². The lowest BCUT2D eigenvalue weighted by molar-refractivity contribution is -0.114. The van der Waals surface area contributed by atoms with Crippen molar-refractivity contribution in [3.8, 4) is 0 Å². The average molecular weight is 194 g/mol. The Morgan fingerprint density at radius 3 is 2.79 bits per heavy atom. The molecule has 0 aromatic rings. The zero-order chi connectivity index (χ0) is 10.4. The van der Waals surface area contributed by atoms with Crippen LogP contribution in [0.15, 0.2) is 12.2 Å². The summed E-state index contributed by atoms with van der Waals surface area (Å²) in [6, 6.07) is 0. The summed E-state index contributed by atoms with van der Waals surface area (Å²) in [6.07, 6.45) is 11.2. The van der Waals surface area contributed by atoms with Crippen molar-refractivity contribution in [2.75, 3.05) is 0 Å². The lowest BCUT2D eigenvalue weighted by atomic mass is 9.89. The minimum absolute atomic E-state index is 0.315. The molecule has 1 nitrogen and oxygen atoms in total. The lowest BCUT2D eigenvalue weighted by Gasteiger charge is -2.16. The van der Waals surface area contributed by atoms with Gasteiger partial charge < -0.3 is 0 Å². The third-order valence-corrected chi connectivity index (χ3v) is 3.21. The van der Waals surface area contributed by atoms with Crippen LogP contribution < -0.4 is 0 Å². The molecule has 1 aliphatic rings. The highest BCUT2D eigenvalue weighted by atomic mass is 16.1. The summed E-state index contributed by atoms with van der Waals surface area (Å²) in [5.74, 6) is 1.54. The van der Waals surface area contributed by atoms with Crippen molar-refractivity contribution in [1.82, 2.24) is 0 Å². The Morgan fingerprint density at radius 1 is 1.43 bits per heavy atom. The third-order valence-electron chi connectivity index (χ3n) is 3.21. The molecule has 80 valence electrons. The molecule has 0 spiro atoms. The van der Waals surface area contributed by atoms with Gasteiger partial charge in [-0.3, -0.25) is 4.79 Å². The molecule has 0 heterocycles. The number of carbonyl (C=O) groups excluding carboxylic acids is 1. The number of allylic oxidation sites excluding steroid dienone is 2. The zero-order valence-electron chi connectivity index (χ0n) is 9.46. The van der Waals surface area contributed by atoms with E-state index in [9.17, 15) is 4.79 Å². The average Bonchev–Trinajstić information content (AvgIpc) is 2.59.